The minimum atomic E-state index is -1.38. The highest BCUT2D eigenvalue weighted by molar-refractivity contribution is 6.38. The molecule has 2 amide bonds. The van der Waals surface area contributed by atoms with Crippen LogP contribution in [0.25, 0.3) is 0 Å². The van der Waals surface area contributed by atoms with E-state index in [2.05, 4.69) is 15.5 Å². The van der Waals surface area contributed by atoms with Crippen molar-refractivity contribution in [2.75, 3.05) is 51.9 Å². The van der Waals surface area contributed by atoms with Crippen LogP contribution in [-0.4, -0.2) is 75.2 Å². The summed E-state index contributed by atoms with van der Waals surface area (Å²) in [5.74, 6) is -1.82. The van der Waals surface area contributed by atoms with Crippen molar-refractivity contribution in [1.82, 2.24) is 10.2 Å². The zero-order valence-electron chi connectivity index (χ0n) is 22.8. The van der Waals surface area contributed by atoms with Crippen molar-refractivity contribution in [2.45, 2.75) is 12.7 Å². The lowest BCUT2D eigenvalue weighted by Gasteiger charge is -2.28. The number of para-hydroxylation sites is 1. The van der Waals surface area contributed by atoms with Gasteiger partial charge in [0, 0.05) is 42.9 Å². The molecule has 0 aromatic heterocycles. The van der Waals surface area contributed by atoms with E-state index >= 15 is 0 Å². The number of rotatable bonds is 9. The van der Waals surface area contributed by atoms with Crippen LogP contribution in [0.15, 0.2) is 59.6 Å². The fraction of sp³-hybridized carbons (Fsp3) is 0.300. The summed E-state index contributed by atoms with van der Waals surface area (Å²) in [7, 11) is 1.51. The van der Waals surface area contributed by atoms with Gasteiger partial charge in [-0.25, -0.2) is 9.38 Å². The highest BCUT2D eigenvalue weighted by Crippen LogP contribution is 2.33. The fourth-order valence-electron chi connectivity index (χ4n) is 4.81. The van der Waals surface area contributed by atoms with E-state index in [9.17, 15) is 14.0 Å². The number of hydrogen-bond acceptors (Lipinski definition) is 7. The second kappa shape index (κ2) is 13.6. The number of carbonyl (C=O) groups excluding carboxylic acids is 2. The number of ether oxygens (including phenoxy) is 3. The summed E-state index contributed by atoms with van der Waals surface area (Å²) in [6, 6.07) is 14.2. The summed E-state index contributed by atoms with van der Waals surface area (Å²) in [5, 5.41) is 6.28. The molecule has 0 saturated carbocycles. The number of fused-ring (bicyclic) bond motifs is 1. The van der Waals surface area contributed by atoms with Crippen LogP contribution in [0.3, 0.4) is 0 Å². The molecule has 1 saturated heterocycles. The first-order valence-electron chi connectivity index (χ1n) is 13.3. The van der Waals surface area contributed by atoms with E-state index in [-0.39, 0.29) is 24.5 Å². The molecule has 12 heteroatoms. The number of anilines is 1. The van der Waals surface area contributed by atoms with Crippen molar-refractivity contribution in [2.24, 2.45) is 4.99 Å². The zero-order chi connectivity index (χ0) is 29.6. The van der Waals surface area contributed by atoms with Crippen molar-refractivity contribution in [3.8, 4) is 5.75 Å². The topological polar surface area (TPSA) is 101 Å². The first-order valence-corrected chi connectivity index (χ1v) is 14.1. The van der Waals surface area contributed by atoms with Gasteiger partial charge in [-0.15, -0.1) is 0 Å². The summed E-state index contributed by atoms with van der Waals surface area (Å²) in [6.07, 6.45) is -1.38. The predicted octanol–water partition coefficient (Wildman–Crippen LogP) is 4.54. The summed E-state index contributed by atoms with van der Waals surface area (Å²) >= 11 is 13.3. The monoisotopic (exact) mass is 614 g/mol. The van der Waals surface area contributed by atoms with E-state index in [1.54, 1.807) is 18.2 Å². The first-order chi connectivity index (χ1) is 20.3. The van der Waals surface area contributed by atoms with E-state index in [0.29, 0.717) is 52.3 Å². The van der Waals surface area contributed by atoms with Crippen LogP contribution in [0.5, 0.6) is 5.75 Å². The van der Waals surface area contributed by atoms with Gasteiger partial charge in [-0.05, 0) is 42.0 Å². The Hall–Kier alpha value is -3.54. The predicted molar refractivity (Wildman–Crippen MR) is 158 cm³/mol. The number of aliphatic imine (C=N–C) groups is 1. The molecule has 3 aromatic rings. The van der Waals surface area contributed by atoms with Crippen LogP contribution >= 0.6 is 23.2 Å². The lowest BCUT2D eigenvalue weighted by Crippen LogP contribution is -2.42. The Morgan fingerprint density at radius 2 is 1.93 bits per heavy atom. The molecule has 9 nitrogen and oxygen atoms in total. The SMILES string of the molecule is COCCOc1ccc(F)cc1C(=O)NC1N=C(c2c(Cl)cc(Cl)cc2CN2CCOCC2)c2ccccc2NC1=O. The van der Waals surface area contributed by atoms with Gasteiger partial charge in [0.1, 0.15) is 18.2 Å². The molecule has 42 heavy (non-hydrogen) atoms. The number of nitrogens with zero attached hydrogens (tertiary/aromatic N) is 2. The number of amides is 2. The van der Waals surface area contributed by atoms with Gasteiger partial charge in [0.2, 0.25) is 6.17 Å². The number of halogens is 3. The summed E-state index contributed by atoms with van der Waals surface area (Å²) in [4.78, 5) is 33.8. The Labute approximate surface area is 252 Å². The summed E-state index contributed by atoms with van der Waals surface area (Å²) in [5.41, 5.74) is 2.82. The van der Waals surface area contributed by atoms with Gasteiger partial charge in [0.15, 0.2) is 0 Å². The number of benzodiazepines with no additional fused rings is 1. The van der Waals surface area contributed by atoms with E-state index in [1.165, 1.54) is 19.2 Å². The first kappa shape index (κ1) is 29.9. The summed E-state index contributed by atoms with van der Waals surface area (Å²) < 4.78 is 30.3. The zero-order valence-corrected chi connectivity index (χ0v) is 24.3. The quantitative estimate of drug-likeness (QED) is 0.343. The average molecular weight is 615 g/mol. The Morgan fingerprint density at radius 3 is 2.71 bits per heavy atom. The molecule has 1 atom stereocenters. The lowest BCUT2D eigenvalue weighted by atomic mass is 9.95. The summed E-state index contributed by atoms with van der Waals surface area (Å²) in [6.45, 7) is 3.61. The fourth-order valence-corrected chi connectivity index (χ4v) is 5.44. The van der Waals surface area contributed by atoms with Crippen molar-refractivity contribution in [3.63, 3.8) is 0 Å². The number of carbonyl (C=O) groups is 2. The molecular formula is C30H29Cl2FN4O5. The van der Waals surface area contributed by atoms with Crippen LogP contribution in [0, 0.1) is 5.82 Å². The Morgan fingerprint density at radius 1 is 1.14 bits per heavy atom. The maximum Gasteiger partial charge on any atom is 0.269 e. The highest BCUT2D eigenvalue weighted by atomic mass is 35.5. The molecule has 0 aliphatic carbocycles. The molecule has 2 heterocycles. The smallest absolute Gasteiger partial charge is 0.269 e. The van der Waals surface area contributed by atoms with E-state index in [1.807, 2.05) is 18.2 Å². The van der Waals surface area contributed by atoms with Crippen molar-refractivity contribution < 1.29 is 28.2 Å². The average Bonchev–Trinajstić information content (AvgIpc) is 3.10. The second-order valence-electron chi connectivity index (χ2n) is 9.68. The molecule has 0 bridgehead atoms. The van der Waals surface area contributed by atoms with Crippen molar-refractivity contribution in [3.05, 3.63) is 92.7 Å². The Bertz CT molecular complexity index is 1510. The molecule has 0 radical (unpaired) electrons. The normalized spacial score (nSPS) is 17.1. The number of nitrogens with one attached hydrogen (secondary N) is 2. The van der Waals surface area contributed by atoms with E-state index in [4.69, 9.17) is 42.4 Å². The van der Waals surface area contributed by atoms with Gasteiger partial charge in [0.05, 0.1) is 41.8 Å². The van der Waals surface area contributed by atoms with E-state index < -0.39 is 23.8 Å². The van der Waals surface area contributed by atoms with Crippen molar-refractivity contribution in [1.29, 1.82) is 0 Å². The number of hydrogen-bond donors (Lipinski definition) is 2. The van der Waals surface area contributed by atoms with Crippen LogP contribution in [0.1, 0.15) is 27.0 Å². The minimum absolute atomic E-state index is 0.0880. The van der Waals surface area contributed by atoms with Crippen LogP contribution in [0.4, 0.5) is 10.1 Å². The molecule has 2 aliphatic rings. The Kier molecular flexibility index (Phi) is 9.71. The molecule has 5 rings (SSSR count). The molecule has 1 unspecified atom stereocenters. The minimum Gasteiger partial charge on any atom is -0.490 e. The Balaban J connectivity index is 1.55. The van der Waals surface area contributed by atoms with Crippen LogP contribution in [0.2, 0.25) is 10.0 Å². The third-order valence-electron chi connectivity index (χ3n) is 6.82. The molecular weight excluding hydrogens is 586 g/mol. The second-order valence-corrected chi connectivity index (χ2v) is 10.5. The lowest BCUT2D eigenvalue weighted by molar-refractivity contribution is -0.117. The molecule has 1 fully saturated rings. The van der Waals surface area contributed by atoms with Gasteiger partial charge < -0.3 is 24.8 Å². The number of morpholine rings is 1. The number of methoxy groups -OCH3 is 1. The van der Waals surface area contributed by atoms with Gasteiger partial charge in [-0.2, -0.15) is 0 Å². The third-order valence-corrected chi connectivity index (χ3v) is 7.33. The largest absolute Gasteiger partial charge is 0.490 e. The molecule has 3 aromatic carbocycles. The molecule has 220 valence electrons. The van der Waals surface area contributed by atoms with Gasteiger partial charge in [-0.3, -0.25) is 14.5 Å². The third kappa shape index (κ3) is 6.91. The molecule has 2 aliphatic heterocycles. The van der Waals surface area contributed by atoms with Crippen molar-refractivity contribution >= 4 is 46.4 Å². The van der Waals surface area contributed by atoms with Gasteiger partial charge in [0.25, 0.3) is 11.8 Å². The van der Waals surface area contributed by atoms with Gasteiger partial charge in [-0.1, -0.05) is 41.4 Å². The van der Waals surface area contributed by atoms with E-state index in [0.717, 1.165) is 24.7 Å². The molecule has 2 N–H and O–H groups in total. The van der Waals surface area contributed by atoms with Gasteiger partial charge >= 0.3 is 0 Å². The standard InChI is InChI=1S/C30H29Cl2FN4O5/c1-40-12-13-42-25-7-6-20(33)16-22(25)29(38)36-28-30(39)34-24-5-3-2-4-21(24)27(35-28)26-18(14-19(31)15-23(26)32)17-37-8-10-41-11-9-37/h2-7,14-16,28H,8-13,17H2,1H3,(H,34,39)(H,36,38). The molecule has 0 spiro atoms. The highest BCUT2D eigenvalue weighted by Gasteiger charge is 2.30. The van der Waals surface area contributed by atoms with Crippen LogP contribution in [-0.2, 0) is 20.8 Å². The maximum atomic E-state index is 14.2. The maximum absolute atomic E-state index is 14.2. The number of benzene rings is 3. The van der Waals surface area contributed by atoms with Crippen LogP contribution < -0.4 is 15.4 Å².